The molecule has 0 bridgehead atoms. The number of nitrogen functional groups attached to an aromatic ring is 1. The highest BCUT2D eigenvalue weighted by Gasteiger charge is 2.17. The van der Waals surface area contributed by atoms with Crippen LogP contribution in [0.4, 0.5) is 5.82 Å². The number of carbonyl (C=O) groups is 1. The number of hydrogen-bond acceptors (Lipinski definition) is 6. The second kappa shape index (κ2) is 10.9. The minimum atomic E-state index is -0.165. The number of amides is 1. The maximum atomic E-state index is 12.0. The van der Waals surface area contributed by atoms with Crippen LogP contribution < -0.4 is 15.8 Å². The third-order valence-corrected chi connectivity index (χ3v) is 4.89. The first-order valence-electron chi connectivity index (χ1n) is 10.6. The molecule has 1 amide bonds. The van der Waals surface area contributed by atoms with Gasteiger partial charge in [0.1, 0.15) is 29.3 Å². The van der Waals surface area contributed by atoms with Crippen molar-refractivity contribution in [3.63, 3.8) is 0 Å². The van der Waals surface area contributed by atoms with Gasteiger partial charge >= 0.3 is 0 Å². The van der Waals surface area contributed by atoms with Crippen molar-refractivity contribution >= 4 is 22.8 Å². The zero-order chi connectivity index (χ0) is 23.8. The number of anilines is 1. The van der Waals surface area contributed by atoms with Gasteiger partial charge in [0, 0.05) is 17.7 Å². The molecular formula is C25H28N6O2. The van der Waals surface area contributed by atoms with Crippen LogP contribution in [0.15, 0.2) is 79.4 Å². The van der Waals surface area contributed by atoms with E-state index in [0.29, 0.717) is 59.1 Å². The first-order chi connectivity index (χ1) is 16.0. The van der Waals surface area contributed by atoms with Gasteiger partial charge in [-0.1, -0.05) is 32.2 Å². The van der Waals surface area contributed by atoms with Crippen LogP contribution in [-0.4, -0.2) is 32.2 Å². The topological polar surface area (TPSA) is 108 Å². The van der Waals surface area contributed by atoms with E-state index in [0.717, 1.165) is 5.56 Å². The Morgan fingerprint density at radius 2 is 2.03 bits per heavy atom. The molecule has 2 heterocycles. The Labute approximate surface area is 193 Å². The van der Waals surface area contributed by atoms with Crippen molar-refractivity contribution in [2.75, 3.05) is 12.3 Å². The van der Waals surface area contributed by atoms with E-state index in [2.05, 4.69) is 28.4 Å². The van der Waals surface area contributed by atoms with E-state index in [1.54, 1.807) is 16.8 Å². The number of nitrogens with zero attached hydrogens (tertiary/aromatic N) is 4. The Bertz CT molecular complexity index is 1220. The molecule has 33 heavy (non-hydrogen) atoms. The van der Waals surface area contributed by atoms with Gasteiger partial charge in [-0.25, -0.2) is 14.6 Å². The maximum Gasteiger partial charge on any atom is 0.246 e. The fourth-order valence-electron chi connectivity index (χ4n) is 3.17. The second-order valence-electron chi connectivity index (χ2n) is 7.17. The van der Waals surface area contributed by atoms with Crippen LogP contribution >= 0.6 is 0 Å². The predicted molar refractivity (Wildman–Crippen MR) is 131 cm³/mol. The Kier molecular flexibility index (Phi) is 7.75. The number of nitrogens with one attached hydrogen (secondary N) is 1. The van der Waals surface area contributed by atoms with E-state index in [9.17, 15) is 4.79 Å². The third-order valence-electron chi connectivity index (χ3n) is 4.89. The van der Waals surface area contributed by atoms with Gasteiger partial charge in [-0.15, -0.1) is 0 Å². The average Bonchev–Trinajstić information content (AvgIpc) is 3.19. The lowest BCUT2D eigenvalue weighted by Gasteiger charge is -2.07. The number of rotatable bonds is 10. The van der Waals surface area contributed by atoms with Gasteiger partial charge in [0.05, 0.1) is 11.9 Å². The quantitative estimate of drug-likeness (QED) is 0.276. The van der Waals surface area contributed by atoms with Crippen LogP contribution in [0.2, 0.25) is 0 Å². The van der Waals surface area contributed by atoms with Crippen LogP contribution in [0, 0.1) is 0 Å². The summed E-state index contributed by atoms with van der Waals surface area (Å²) in [5.74, 6) is 1.54. The molecule has 2 aromatic heterocycles. The number of hydrogen-bond donors (Lipinski definition) is 2. The van der Waals surface area contributed by atoms with E-state index in [1.807, 2.05) is 50.3 Å². The predicted octanol–water partition coefficient (Wildman–Crippen LogP) is 4.18. The van der Waals surface area contributed by atoms with E-state index < -0.39 is 0 Å². The Balaban J connectivity index is 1.87. The summed E-state index contributed by atoms with van der Waals surface area (Å²) in [7, 11) is 0. The molecule has 0 unspecified atom stereocenters. The summed E-state index contributed by atoms with van der Waals surface area (Å²) in [5.41, 5.74) is 8.81. The van der Waals surface area contributed by atoms with Gasteiger partial charge in [-0.05, 0) is 49.8 Å². The lowest BCUT2D eigenvalue weighted by Crippen LogP contribution is -2.28. The summed E-state index contributed by atoms with van der Waals surface area (Å²) in [4.78, 5) is 20.5. The third kappa shape index (κ3) is 5.54. The molecular weight excluding hydrogens is 416 g/mol. The molecule has 1 aromatic carbocycles. The molecule has 3 N–H and O–H groups in total. The van der Waals surface area contributed by atoms with Gasteiger partial charge in [-0.2, -0.15) is 5.10 Å². The zero-order valence-electron chi connectivity index (χ0n) is 18.9. The molecule has 170 valence electrons. The van der Waals surface area contributed by atoms with Crippen molar-refractivity contribution in [1.29, 1.82) is 0 Å². The molecule has 0 radical (unpaired) electrons. The largest absolute Gasteiger partial charge is 0.457 e. The molecule has 0 saturated carbocycles. The summed E-state index contributed by atoms with van der Waals surface area (Å²) in [6.45, 7) is 12.1. The molecule has 0 aliphatic rings. The Hall–Kier alpha value is -4.20. The summed E-state index contributed by atoms with van der Waals surface area (Å²) < 4.78 is 7.61. The van der Waals surface area contributed by atoms with E-state index in [-0.39, 0.29) is 5.91 Å². The molecule has 3 aromatic rings. The van der Waals surface area contributed by atoms with E-state index >= 15 is 0 Å². The number of ether oxygens (including phenoxy) is 1. The number of nitrogens with two attached hydrogens (primary N) is 1. The van der Waals surface area contributed by atoms with Crippen molar-refractivity contribution in [3.8, 4) is 17.0 Å². The standard InChI is InChI=1S/C25H28N6O2/c1-5-8-19(9-6-2)33-20-12-10-18(11-13-20)22-21-23(26)28-16-29-24(21)31(30-22)15-14-27-25(32)17(4)7-3/h5-6,8-13,16H,1,4,7,14-15H2,2-3H3,(H,27,32)(H2,26,28,29)/b9-6-,19-8+. The average molecular weight is 445 g/mol. The van der Waals surface area contributed by atoms with Crippen molar-refractivity contribution in [2.24, 2.45) is 0 Å². The SMILES string of the molecule is C=C/C=C(\C=C/C)Oc1ccc(-c2nn(CCNC(=O)C(=C)CC)c3ncnc(N)c23)cc1. The summed E-state index contributed by atoms with van der Waals surface area (Å²) in [6, 6.07) is 7.53. The molecule has 0 saturated heterocycles. The number of aromatic nitrogens is 4. The first kappa shape index (κ1) is 23.5. The molecule has 0 spiro atoms. The second-order valence-corrected chi connectivity index (χ2v) is 7.17. The van der Waals surface area contributed by atoms with Crippen LogP contribution in [0.1, 0.15) is 20.3 Å². The van der Waals surface area contributed by atoms with Gasteiger partial charge in [-0.3, -0.25) is 4.79 Å². The van der Waals surface area contributed by atoms with Gasteiger partial charge < -0.3 is 15.8 Å². The highest BCUT2D eigenvalue weighted by Crippen LogP contribution is 2.31. The van der Waals surface area contributed by atoms with Crippen LogP contribution in [0.3, 0.4) is 0 Å². The van der Waals surface area contributed by atoms with Crippen molar-refractivity contribution in [2.45, 2.75) is 26.8 Å². The van der Waals surface area contributed by atoms with Crippen molar-refractivity contribution < 1.29 is 9.53 Å². The summed E-state index contributed by atoms with van der Waals surface area (Å²) in [5, 5.41) is 8.23. The number of fused-ring (bicyclic) bond motifs is 1. The minimum absolute atomic E-state index is 0.165. The lowest BCUT2D eigenvalue weighted by atomic mass is 10.1. The smallest absolute Gasteiger partial charge is 0.246 e. The zero-order valence-corrected chi connectivity index (χ0v) is 18.9. The molecule has 0 aliphatic carbocycles. The highest BCUT2D eigenvalue weighted by molar-refractivity contribution is 5.98. The van der Waals surface area contributed by atoms with Crippen LogP contribution in [0.25, 0.3) is 22.3 Å². The molecule has 0 fully saturated rings. The maximum absolute atomic E-state index is 12.0. The number of benzene rings is 1. The molecule has 8 nitrogen and oxygen atoms in total. The van der Waals surface area contributed by atoms with Crippen molar-refractivity contribution in [1.82, 2.24) is 25.1 Å². The monoisotopic (exact) mass is 444 g/mol. The minimum Gasteiger partial charge on any atom is -0.457 e. The number of allylic oxidation sites excluding steroid dienone is 4. The van der Waals surface area contributed by atoms with E-state index in [1.165, 1.54) is 6.33 Å². The van der Waals surface area contributed by atoms with E-state index in [4.69, 9.17) is 15.6 Å². The summed E-state index contributed by atoms with van der Waals surface area (Å²) in [6.07, 6.45) is 9.22. The fourth-order valence-corrected chi connectivity index (χ4v) is 3.17. The van der Waals surface area contributed by atoms with Gasteiger partial charge in [0.2, 0.25) is 5.91 Å². The van der Waals surface area contributed by atoms with Crippen LogP contribution in [0.5, 0.6) is 5.75 Å². The Morgan fingerprint density at radius 1 is 1.27 bits per heavy atom. The lowest BCUT2D eigenvalue weighted by molar-refractivity contribution is -0.117. The first-order valence-corrected chi connectivity index (χ1v) is 10.6. The molecule has 3 rings (SSSR count). The number of carbonyl (C=O) groups excluding carboxylic acids is 1. The molecule has 0 aliphatic heterocycles. The van der Waals surface area contributed by atoms with Crippen LogP contribution in [-0.2, 0) is 11.3 Å². The normalized spacial score (nSPS) is 11.6. The Morgan fingerprint density at radius 3 is 2.70 bits per heavy atom. The van der Waals surface area contributed by atoms with Crippen molar-refractivity contribution in [3.05, 3.63) is 79.4 Å². The fraction of sp³-hybridized carbons (Fsp3) is 0.200. The molecule has 0 atom stereocenters. The highest BCUT2D eigenvalue weighted by atomic mass is 16.5. The molecule has 8 heteroatoms. The summed E-state index contributed by atoms with van der Waals surface area (Å²) >= 11 is 0. The van der Waals surface area contributed by atoms with Gasteiger partial charge in [0.25, 0.3) is 0 Å². The van der Waals surface area contributed by atoms with Gasteiger partial charge in [0.15, 0.2) is 5.65 Å².